The highest BCUT2D eigenvalue weighted by Crippen LogP contribution is 2.21. The van der Waals surface area contributed by atoms with Crippen molar-refractivity contribution in [3.8, 4) is 5.75 Å². The molecular weight excluding hydrogens is 292 g/mol. The summed E-state index contributed by atoms with van der Waals surface area (Å²) < 4.78 is 10.8. The molecule has 3 aromatic rings. The van der Waals surface area contributed by atoms with Crippen molar-refractivity contribution in [1.29, 1.82) is 0 Å². The lowest BCUT2D eigenvalue weighted by Crippen LogP contribution is -2.23. The van der Waals surface area contributed by atoms with Crippen molar-refractivity contribution in [2.75, 3.05) is 0 Å². The molecule has 3 rings (SSSR count). The van der Waals surface area contributed by atoms with E-state index in [1.807, 2.05) is 19.1 Å². The summed E-state index contributed by atoms with van der Waals surface area (Å²) in [5.41, 5.74) is 1.72. The van der Waals surface area contributed by atoms with Gasteiger partial charge in [0.2, 0.25) is 5.78 Å². The minimum atomic E-state index is -0.634. The van der Waals surface area contributed by atoms with Gasteiger partial charge in [-0.2, -0.15) is 0 Å². The second kappa shape index (κ2) is 6.08. The van der Waals surface area contributed by atoms with Crippen LogP contribution in [0.2, 0.25) is 0 Å². The molecule has 0 saturated heterocycles. The summed E-state index contributed by atoms with van der Waals surface area (Å²) in [7, 11) is 0. The molecule has 23 heavy (non-hydrogen) atoms. The first-order valence-electron chi connectivity index (χ1n) is 7.34. The van der Waals surface area contributed by atoms with Crippen LogP contribution in [0.25, 0.3) is 11.0 Å². The van der Waals surface area contributed by atoms with Gasteiger partial charge >= 0.3 is 5.63 Å². The van der Waals surface area contributed by atoms with E-state index in [0.29, 0.717) is 16.9 Å². The zero-order valence-electron chi connectivity index (χ0n) is 12.9. The van der Waals surface area contributed by atoms with Gasteiger partial charge in [-0.3, -0.25) is 4.79 Å². The van der Waals surface area contributed by atoms with Gasteiger partial charge in [-0.15, -0.1) is 0 Å². The van der Waals surface area contributed by atoms with Crippen LogP contribution in [0.1, 0.15) is 22.8 Å². The Balaban J connectivity index is 1.81. The molecular formula is C19H16O4. The number of Topliss-reactive ketones (excluding diaryl/α,β-unsaturated/α-hetero) is 1. The molecule has 0 N–H and O–H groups in total. The third-order valence-corrected chi connectivity index (χ3v) is 3.61. The number of benzene rings is 2. The Bertz CT molecular complexity index is 907. The summed E-state index contributed by atoms with van der Waals surface area (Å²) in [4.78, 5) is 23.7. The Hall–Kier alpha value is -2.88. The van der Waals surface area contributed by atoms with E-state index in [2.05, 4.69) is 0 Å². The van der Waals surface area contributed by atoms with Gasteiger partial charge in [0.25, 0.3) is 0 Å². The molecule has 0 amide bonds. The van der Waals surface area contributed by atoms with Crippen LogP contribution in [0.15, 0.2) is 63.8 Å². The average molecular weight is 308 g/mol. The highest BCUT2D eigenvalue weighted by molar-refractivity contribution is 5.99. The van der Waals surface area contributed by atoms with Crippen molar-refractivity contribution in [3.63, 3.8) is 0 Å². The number of aryl methyl sites for hydroxylation is 1. The van der Waals surface area contributed by atoms with E-state index < -0.39 is 11.7 Å². The number of hydrogen-bond acceptors (Lipinski definition) is 4. The molecule has 1 aromatic heterocycles. The van der Waals surface area contributed by atoms with Crippen molar-refractivity contribution in [2.45, 2.75) is 20.0 Å². The Morgan fingerprint density at radius 3 is 2.48 bits per heavy atom. The number of fused-ring (bicyclic) bond motifs is 1. The number of ketones is 1. The molecule has 0 saturated carbocycles. The van der Waals surface area contributed by atoms with Crippen LogP contribution in [0.5, 0.6) is 5.75 Å². The van der Waals surface area contributed by atoms with Crippen molar-refractivity contribution < 1.29 is 13.9 Å². The normalized spacial score (nSPS) is 12.1. The predicted octanol–water partition coefficient (Wildman–Crippen LogP) is 3.75. The van der Waals surface area contributed by atoms with Gasteiger partial charge in [0.1, 0.15) is 11.3 Å². The monoisotopic (exact) mass is 308 g/mol. The molecule has 2 aromatic carbocycles. The van der Waals surface area contributed by atoms with Gasteiger partial charge in [-0.25, -0.2) is 4.79 Å². The lowest BCUT2D eigenvalue weighted by molar-refractivity contribution is 0.0818. The maximum absolute atomic E-state index is 12.4. The van der Waals surface area contributed by atoms with E-state index in [1.165, 1.54) is 6.07 Å². The van der Waals surface area contributed by atoms with Gasteiger partial charge in [0.05, 0.1) is 0 Å². The summed E-state index contributed by atoms with van der Waals surface area (Å²) in [5, 5.41) is 0.800. The smallest absolute Gasteiger partial charge is 0.336 e. The minimum absolute atomic E-state index is 0.0976. The Morgan fingerprint density at radius 1 is 1.04 bits per heavy atom. The Morgan fingerprint density at radius 2 is 1.74 bits per heavy atom. The van der Waals surface area contributed by atoms with Gasteiger partial charge in [0.15, 0.2) is 6.10 Å². The number of carbonyl (C=O) groups excluding carboxylic acids is 1. The van der Waals surface area contributed by atoms with Crippen molar-refractivity contribution >= 4 is 16.8 Å². The van der Waals surface area contributed by atoms with Crippen molar-refractivity contribution in [2.24, 2.45) is 0 Å². The zero-order valence-corrected chi connectivity index (χ0v) is 12.9. The van der Waals surface area contributed by atoms with E-state index in [9.17, 15) is 9.59 Å². The number of hydrogen-bond donors (Lipinski definition) is 0. The predicted molar refractivity (Wildman–Crippen MR) is 88.1 cm³/mol. The molecule has 1 atom stereocenters. The Kier molecular flexibility index (Phi) is 3.98. The topological polar surface area (TPSA) is 56.5 Å². The Labute approximate surface area is 133 Å². The van der Waals surface area contributed by atoms with Crippen LogP contribution in [-0.2, 0) is 0 Å². The highest BCUT2D eigenvalue weighted by Gasteiger charge is 2.17. The molecule has 0 aliphatic carbocycles. The standard InChI is InChI=1S/C19H16O4/c1-12-3-5-15(6-4-12)19(21)13(2)22-16-9-7-14-8-10-18(20)23-17(14)11-16/h3-11,13H,1-2H3/t13-/m1/s1. The summed E-state index contributed by atoms with van der Waals surface area (Å²) in [6.45, 7) is 3.67. The molecule has 116 valence electrons. The first-order valence-corrected chi connectivity index (χ1v) is 7.34. The van der Waals surface area contributed by atoms with E-state index in [0.717, 1.165) is 10.9 Å². The summed E-state index contributed by atoms with van der Waals surface area (Å²) in [6, 6.07) is 15.6. The quantitative estimate of drug-likeness (QED) is 0.544. The fourth-order valence-electron chi connectivity index (χ4n) is 2.32. The molecule has 0 bridgehead atoms. The van der Waals surface area contributed by atoms with Crippen LogP contribution >= 0.6 is 0 Å². The first kappa shape index (κ1) is 15.0. The van der Waals surface area contributed by atoms with Crippen LogP contribution < -0.4 is 10.4 Å². The fraction of sp³-hybridized carbons (Fsp3) is 0.158. The molecule has 0 fully saturated rings. The molecule has 4 heteroatoms. The fourth-order valence-corrected chi connectivity index (χ4v) is 2.32. The van der Waals surface area contributed by atoms with Crippen molar-refractivity contribution in [1.82, 2.24) is 0 Å². The van der Waals surface area contributed by atoms with Crippen LogP contribution in [-0.4, -0.2) is 11.9 Å². The largest absolute Gasteiger partial charge is 0.482 e. The van der Waals surface area contributed by atoms with Gasteiger partial charge in [-0.05, 0) is 32.0 Å². The highest BCUT2D eigenvalue weighted by atomic mass is 16.5. The molecule has 0 spiro atoms. The summed E-state index contributed by atoms with van der Waals surface area (Å²) in [5.74, 6) is 0.388. The maximum atomic E-state index is 12.4. The van der Waals surface area contributed by atoms with Gasteiger partial charge in [-0.1, -0.05) is 29.8 Å². The minimum Gasteiger partial charge on any atom is -0.482 e. The SMILES string of the molecule is Cc1ccc(C(=O)[C@@H](C)Oc2ccc3ccc(=O)oc3c2)cc1. The number of carbonyl (C=O) groups is 1. The van der Waals surface area contributed by atoms with Crippen molar-refractivity contribution in [3.05, 3.63) is 76.1 Å². The maximum Gasteiger partial charge on any atom is 0.336 e. The lowest BCUT2D eigenvalue weighted by Gasteiger charge is -2.14. The average Bonchev–Trinajstić information content (AvgIpc) is 2.54. The van der Waals surface area contributed by atoms with E-state index in [-0.39, 0.29) is 5.78 Å². The van der Waals surface area contributed by atoms with E-state index in [4.69, 9.17) is 9.15 Å². The van der Waals surface area contributed by atoms with E-state index >= 15 is 0 Å². The molecule has 4 nitrogen and oxygen atoms in total. The molecule has 0 aliphatic heterocycles. The van der Waals surface area contributed by atoms with Crippen LogP contribution in [0.3, 0.4) is 0 Å². The van der Waals surface area contributed by atoms with Gasteiger partial charge in [0, 0.05) is 23.1 Å². The van der Waals surface area contributed by atoms with Crippen LogP contribution in [0, 0.1) is 6.92 Å². The first-order chi connectivity index (χ1) is 11.0. The zero-order chi connectivity index (χ0) is 16.4. The third kappa shape index (κ3) is 3.31. The molecule has 0 radical (unpaired) electrons. The second-order valence-corrected chi connectivity index (χ2v) is 5.44. The molecule has 0 unspecified atom stereocenters. The van der Waals surface area contributed by atoms with Gasteiger partial charge < -0.3 is 9.15 Å². The lowest BCUT2D eigenvalue weighted by atomic mass is 10.1. The second-order valence-electron chi connectivity index (χ2n) is 5.44. The van der Waals surface area contributed by atoms with E-state index in [1.54, 1.807) is 43.3 Å². The summed E-state index contributed by atoms with van der Waals surface area (Å²) >= 11 is 0. The number of ether oxygens (including phenoxy) is 1. The molecule has 0 aliphatic rings. The summed E-state index contributed by atoms with van der Waals surface area (Å²) in [6.07, 6.45) is -0.634. The molecule has 1 heterocycles. The number of rotatable bonds is 4. The third-order valence-electron chi connectivity index (χ3n) is 3.61. The van der Waals surface area contributed by atoms with Crippen LogP contribution in [0.4, 0.5) is 0 Å².